The maximum atomic E-state index is 15.0. The summed E-state index contributed by atoms with van der Waals surface area (Å²) in [5.41, 5.74) is 4.33. The highest BCUT2D eigenvalue weighted by atomic mass is 16.2. The maximum absolute atomic E-state index is 15.0. The number of rotatable bonds is 11. The number of nitrogens with two attached hydrogens (primary N) is 1. The molecular weight excluding hydrogens is 686 g/mol. The molecule has 54 heavy (non-hydrogen) atoms. The number of likely N-dealkylation sites (tertiary alicyclic amines) is 1. The number of amides is 6. The molecule has 2 spiro atoms. The Morgan fingerprint density at radius 3 is 1.94 bits per heavy atom. The summed E-state index contributed by atoms with van der Waals surface area (Å²) >= 11 is 0. The van der Waals surface area contributed by atoms with Gasteiger partial charge >= 0.3 is 6.03 Å². The average molecular weight is 754 g/mol. The summed E-state index contributed by atoms with van der Waals surface area (Å²) in [7, 11) is 0. The van der Waals surface area contributed by atoms with Crippen LogP contribution in [0.3, 0.4) is 0 Å². The molecule has 0 aromatic rings. The molecule has 6 aliphatic rings. The molecule has 6 fully saturated rings. The molecule has 13 nitrogen and oxygen atoms in total. The van der Waals surface area contributed by atoms with Crippen molar-refractivity contribution in [3.05, 3.63) is 0 Å². The number of carbonyl (C=O) groups is 6. The van der Waals surface area contributed by atoms with Crippen LogP contribution in [0.2, 0.25) is 0 Å². The van der Waals surface area contributed by atoms with Crippen LogP contribution in [0.4, 0.5) is 4.79 Å². The summed E-state index contributed by atoms with van der Waals surface area (Å²) in [6, 6.07) is -3.97. The Kier molecular flexibility index (Phi) is 11.3. The third-order valence-electron chi connectivity index (χ3n) is 15.0. The molecule has 4 aliphatic carbocycles. The van der Waals surface area contributed by atoms with Crippen molar-refractivity contribution in [3.63, 3.8) is 0 Å². The second kappa shape index (κ2) is 15.0. The molecule has 0 bridgehead atoms. The quantitative estimate of drug-likeness (QED) is 0.201. The number of nitrogens with one attached hydrogen (secondary N) is 4. The van der Waals surface area contributed by atoms with E-state index in [9.17, 15) is 28.8 Å². The summed E-state index contributed by atoms with van der Waals surface area (Å²) in [6.45, 7) is 15.7. The first-order chi connectivity index (χ1) is 25.3. The van der Waals surface area contributed by atoms with Crippen molar-refractivity contribution in [1.82, 2.24) is 31.1 Å². The van der Waals surface area contributed by atoms with Crippen molar-refractivity contribution in [2.75, 3.05) is 19.6 Å². The fourth-order valence-electron chi connectivity index (χ4n) is 11.5. The fraction of sp³-hybridized carbons (Fsp3) is 0.854. The Morgan fingerprint density at radius 1 is 0.815 bits per heavy atom. The number of urea groups is 1. The minimum absolute atomic E-state index is 0.000406. The molecular formula is C41H67N7O6. The van der Waals surface area contributed by atoms with Gasteiger partial charge in [0.05, 0.1) is 6.04 Å². The molecule has 302 valence electrons. The number of primary amides is 1. The highest BCUT2D eigenvalue weighted by Crippen LogP contribution is 2.88. The lowest BCUT2D eigenvalue weighted by Crippen LogP contribution is -2.64. The third kappa shape index (κ3) is 7.27. The molecule has 1 unspecified atom stereocenters. The average Bonchev–Trinajstić information content (AvgIpc) is 3.27. The van der Waals surface area contributed by atoms with Gasteiger partial charge < -0.3 is 36.8 Å². The molecule has 0 aromatic carbocycles. The van der Waals surface area contributed by atoms with Crippen LogP contribution in [0.25, 0.3) is 0 Å². The van der Waals surface area contributed by atoms with Gasteiger partial charge in [-0.15, -0.1) is 0 Å². The summed E-state index contributed by atoms with van der Waals surface area (Å²) in [6.07, 6.45) is 11.6. The molecule has 2 aliphatic heterocycles. The Balaban J connectivity index is 1.24. The zero-order valence-electron chi connectivity index (χ0n) is 33.9. The lowest BCUT2D eigenvalue weighted by molar-refractivity contribution is -0.143. The minimum atomic E-state index is -1.08. The third-order valence-corrected chi connectivity index (χ3v) is 15.0. The van der Waals surface area contributed by atoms with Crippen LogP contribution in [0.5, 0.6) is 0 Å². The van der Waals surface area contributed by atoms with Gasteiger partial charge in [-0.2, -0.15) is 0 Å². The van der Waals surface area contributed by atoms with E-state index in [0.717, 1.165) is 70.6 Å². The maximum Gasteiger partial charge on any atom is 0.316 e. The van der Waals surface area contributed by atoms with Gasteiger partial charge in [-0.05, 0) is 80.5 Å². The monoisotopic (exact) mass is 754 g/mol. The predicted molar refractivity (Wildman–Crippen MR) is 205 cm³/mol. The molecule has 6 rings (SSSR count). The van der Waals surface area contributed by atoms with Gasteiger partial charge in [0.2, 0.25) is 23.5 Å². The van der Waals surface area contributed by atoms with E-state index in [1.807, 2.05) is 25.7 Å². The van der Waals surface area contributed by atoms with E-state index in [-0.39, 0.29) is 52.0 Å². The van der Waals surface area contributed by atoms with Crippen LogP contribution < -0.4 is 27.0 Å². The van der Waals surface area contributed by atoms with Crippen molar-refractivity contribution in [2.24, 2.45) is 39.2 Å². The second-order valence-electron chi connectivity index (χ2n) is 19.7. The zero-order chi connectivity index (χ0) is 39.4. The summed E-state index contributed by atoms with van der Waals surface area (Å²) in [5, 5.41) is 12.4. The van der Waals surface area contributed by atoms with Crippen molar-refractivity contribution in [3.8, 4) is 0 Å². The fourth-order valence-corrected chi connectivity index (χ4v) is 11.5. The van der Waals surface area contributed by atoms with Gasteiger partial charge in [0, 0.05) is 37.1 Å². The van der Waals surface area contributed by atoms with Crippen molar-refractivity contribution in [1.29, 1.82) is 0 Å². The van der Waals surface area contributed by atoms with E-state index in [1.54, 1.807) is 4.90 Å². The number of hydrogen-bond donors (Lipinski definition) is 5. The molecule has 6 N–H and O–H groups in total. The molecule has 7 atom stereocenters. The van der Waals surface area contributed by atoms with E-state index in [2.05, 4.69) is 49.0 Å². The number of ketones is 1. The Hall–Kier alpha value is -3.22. The highest BCUT2D eigenvalue weighted by molar-refractivity contribution is 6.37. The van der Waals surface area contributed by atoms with Gasteiger partial charge in [-0.25, -0.2) is 4.79 Å². The molecule has 6 amide bonds. The van der Waals surface area contributed by atoms with Crippen molar-refractivity contribution >= 4 is 35.4 Å². The van der Waals surface area contributed by atoms with Crippen molar-refractivity contribution < 1.29 is 28.8 Å². The SMILES string of the molecule is C[C@@H]1CN(C(=O)[C@@H](NC(=O)N[C@H](C(=O)N2C[C@]3(C[C@H]2C(=O)NC(CC2CCC2)C(=O)C(N)=O)C(C)(C)C32CCC2)C(C)(C)C)C2CCCCC2)C[C@H](C)N1. The largest absolute Gasteiger partial charge is 0.363 e. The molecule has 2 heterocycles. The number of Topliss-reactive ketones (excluding diaryl/α,β-unsaturated/α-hetero) is 1. The lowest BCUT2D eigenvalue weighted by Gasteiger charge is -2.40. The van der Waals surface area contributed by atoms with Crippen LogP contribution in [0.15, 0.2) is 0 Å². The van der Waals surface area contributed by atoms with E-state index in [4.69, 9.17) is 5.73 Å². The number of hydrogen-bond acceptors (Lipinski definition) is 7. The zero-order valence-corrected chi connectivity index (χ0v) is 33.9. The van der Waals surface area contributed by atoms with Gasteiger partial charge in [0.15, 0.2) is 0 Å². The standard InChI is InChI=1S/C41H67N7O6/c1-24-21-47(22-25(2)43-24)35(52)30(27-15-9-8-10-16-27)45-37(54)46-32(38(3,4)5)36(53)48-23-41(39(6,7)40(41)17-12-18-40)20-29(48)34(51)44-28(31(49)33(42)50)19-26-13-11-14-26/h24-30,32,43H,8-23H2,1-7H3,(H2,42,50)(H,44,51)(H2,45,46,54)/t24-,25+,28?,29-,30-,32+,41+/m0/s1. The van der Waals surface area contributed by atoms with Gasteiger partial charge in [-0.3, -0.25) is 24.0 Å². The summed E-state index contributed by atoms with van der Waals surface area (Å²) in [4.78, 5) is 86.1. The summed E-state index contributed by atoms with van der Waals surface area (Å²) in [5.74, 6) is -2.59. The van der Waals surface area contributed by atoms with Crippen molar-refractivity contribution in [2.45, 2.75) is 168 Å². The minimum Gasteiger partial charge on any atom is -0.363 e. The predicted octanol–water partition coefficient (Wildman–Crippen LogP) is 3.38. The lowest BCUT2D eigenvalue weighted by atomic mass is 9.73. The van der Waals surface area contributed by atoms with Gasteiger partial charge in [0.25, 0.3) is 5.91 Å². The number of nitrogens with zero attached hydrogens (tertiary/aromatic N) is 2. The second-order valence-corrected chi connectivity index (χ2v) is 19.7. The highest BCUT2D eigenvalue weighted by Gasteiger charge is 2.85. The first kappa shape index (κ1) is 40.4. The first-order valence-electron chi connectivity index (χ1n) is 20.9. The molecule has 2 saturated heterocycles. The van der Waals surface area contributed by atoms with Crippen LogP contribution in [-0.2, 0) is 24.0 Å². The topological polar surface area (TPSA) is 183 Å². The number of piperazine rings is 1. The molecule has 0 radical (unpaired) electrons. The van der Waals surface area contributed by atoms with Gasteiger partial charge in [0.1, 0.15) is 18.1 Å². The Bertz CT molecular complexity index is 1480. The first-order valence-corrected chi connectivity index (χ1v) is 20.9. The van der Waals surface area contributed by atoms with E-state index >= 15 is 0 Å². The van der Waals surface area contributed by atoms with Gasteiger partial charge in [-0.1, -0.05) is 79.6 Å². The van der Waals surface area contributed by atoms with Crippen LogP contribution >= 0.6 is 0 Å². The van der Waals surface area contributed by atoms with Crippen LogP contribution in [-0.4, -0.2) is 101 Å². The Labute approximate surface area is 321 Å². The normalized spacial score (nSPS) is 30.8. The summed E-state index contributed by atoms with van der Waals surface area (Å²) < 4.78 is 0. The smallest absolute Gasteiger partial charge is 0.316 e. The molecule has 4 saturated carbocycles. The van der Waals surface area contributed by atoms with Crippen LogP contribution in [0, 0.1) is 33.5 Å². The Morgan fingerprint density at radius 2 is 1.44 bits per heavy atom. The van der Waals surface area contributed by atoms with E-state index in [0.29, 0.717) is 32.5 Å². The van der Waals surface area contributed by atoms with Crippen LogP contribution in [0.1, 0.15) is 132 Å². The molecule has 13 heteroatoms. The van der Waals surface area contributed by atoms with E-state index in [1.165, 1.54) is 0 Å². The molecule has 0 aromatic heterocycles. The van der Waals surface area contributed by atoms with E-state index < -0.39 is 53.2 Å². The number of fused-ring (bicyclic) bond motifs is 1. The number of carbonyl (C=O) groups excluding carboxylic acids is 6.